The average Bonchev–Trinajstić information content (AvgIpc) is 2.37. The van der Waals surface area contributed by atoms with Crippen LogP contribution in [0.15, 0.2) is 23.3 Å². The summed E-state index contributed by atoms with van der Waals surface area (Å²) in [5, 5.41) is 10.6. The van der Waals surface area contributed by atoms with E-state index in [1.165, 1.54) is 25.3 Å². The highest BCUT2D eigenvalue weighted by Gasteiger charge is 2.41. The van der Waals surface area contributed by atoms with Gasteiger partial charge in [-0.3, -0.25) is 4.79 Å². The molecule has 20 heavy (non-hydrogen) atoms. The Morgan fingerprint density at radius 3 is 2.90 bits per heavy atom. The average molecular weight is 278 g/mol. The summed E-state index contributed by atoms with van der Waals surface area (Å²) in [7, 11) is 0. The minimum absolute atomic E-state index is 0.0394. The molecule has 0 heterocycles. The first-order chi connectivity index (χ1) is 9.25. The summed E-state index contributed by atoms with van der Waals surface area (Å²) in [5.74, 6) is 0.238. The third kappa shape index (κ3) is 2.83. The molecule has 112 valence electrons. The second kappa shape index (κ2) is 5.36. The van der Waals surface area contributed by atoms with Crippen molar-refractivity contribution in [1.82, 2.24) is 0 Å². The third-order valence-electron chi connectivity index (χ3n) is 5.09. The molecule has 0 aromatic rings. The molecule has 0 aliphatic heterocycles. The van der Waals surface area contributed by atoms with Crippen LogP contribution in [-0.2, 0) is 9.53 Å². The Bertz CT molecular complexity index is 459. The van der Waals surface area contributed by atoms with Gasteiger partial charge in [0.15, 0.2) is 0 Å². The monoisotopic (exact) mass is 278 g/mol. The van der Waals surface area contributed by atoms with Crippen LogP contribution in [0.2, 0.25) is 0 Å². The summed E-state index contributed by atoms with van der Waals surface area (Å²) in [6.07, 6.45) is 8.81. The summed E-state index contributed by atoms with van der Waals surface area (Å²) in [6, 6.07) is 0. The SMILES string of the molecule is CC(=O)OCC(C)(O)C1=C[C@@]2(C)C(=CCC[C@@H]2C)CC1. The van der Waals surface area contributed by atoms with Crippen molar-refractivity contribution in [3.8, 4) is 0 Å². The Balaban J connectivity index is 2.25. The topological polar surface area (TPSA) is 46.5 Å². The standard InChI is InChI=1S/C17H26O3/c1-12-6-5-7-14-8-9-15(10-16(12,14)3)17(4,19)11-20-13(2)18/h7,10,12,19H,5-6,8-9,11H2,1-4H3/t12-,16+,17?/m0/s1. The molecule has 1 unspecified atom stereocenters. The van der Waals surface area contributed by atoms with Crippen molar-refractivity contribution < 1.29 is 14.6 Å². The maximum Gasteiger partial charge on any atom is 0.302 e. The number of rotatable bonds is 3. The molecule has 0 bridgehead atoms. The summed E-state index contributed by atoms with van der Waals surface area (Å²) in [5.41, 5.74) is 1.50. The van der Waals surface area contributed by atoms with E-state index in [0.717, 1.165) is 18.4 Å². The van der Waals surface area contributed by atoms with Gasteiger partial charge in [0.2, 0.25) is 0 Å². The van der Waals surface area contributed by atoms with E-state index in [4.69, 9.17) is 4.74 Å². The Morgan fingerprint density at radius 2 is 2.25 bits per heavy atom. The summed E-state index contributed by atoms with van der Waals surface area (Å²) in [4.78, 5) is 11.0. The molecule has 2 aliphatic carbocycles. The fraction of sp³-hybridized carbons (Fsp3) is 0.706. The molecule has 2 rings (SSSR count). The van der Waals surface area contributed by atoms with Crippen LogP contribution in [0.3, 0.4) is 0 Å². The largest absolute Gasteiger partial charge is 0.462 e. The summed E-state index contributed by atoms with van der Waals surface area (Å²) in [6.45, 7) is 7.71. The number of fused-ring (bicyclic) bond motifs is 1. The van der Waals surface area contributed by atoms with Gasteiger partial charge in [-0.05, 0) is 44.1 Å². The van der Waals surface area contributed by atoms with Gasteiger partial charge in [0, 0.05) is 12.3 Å². The van der Waals surface area contributed by atoms with Crippen molar-refractivity contribution in [3.05, 3.63) is 23.3 Å². The van der Waals surface area contributed by atoms with Crippen LogP contribution in [0.25, 0.3) is 0 Å². The Morgan fingerprint density at radius 1 is 1.55 bits per heavy atom. The zero-order valence-electron chi connectivity index (χ0n) is 13.0. The van der Waals surface area contributed by atoms with Crippen molar-refractivity contribution in [1.29, 1.82) is 0 Å². The first-order valence-electron chi connectivity index (χ1n) is 7.53. The first kappa shape index (κ1) is 15.3. The van der Waals surface area contributed by atoms with Gasteiger partial charge < -0.3 is 9.84 Å². The van der Waals surface area contributed by atoms with Crippen molar-refractivity contribution in [2.75, 3.05) is 6.61 Å². The maximum absolute atomic E-state index is 11.0. The summed E-state index contributed by atoms with van der Waals surface area (Å²) >= 11 is 0. The van der Waals surface area contributed by atoms with Gasteiger partial charge >= 0.3 is 5.97 Å². The number of carbonyl (C=O) groups is 1. The second-order valence-corrected chi connectivity index (χ2v) is 6.71. The smallest absolute Gasteiger partial charge is 0.302 e. The van der Waals surface area contributed by atoms with Crippen LogP contribution in [0.4, 0.5) is 0 Å². The van der Waals surface area contributed by atoms with Crippen molar-refractivity contribution in [3.63, 3.8) is 0 Å². The maximum atomic E-state index is 11.0. The van der Waals surface area contributed by atoms with Gasteiger partial charge in [-0.1, -0.05) is 31.6 Å². The lowest BCUT2D eigenvalue weighted by molar-refractivity contribution is -0.146. The van der Waals surface area contributed by atoms with Crippen LogP contribution in [-0.4, -0.2) is 23.3 Å². The fourth-order valence-electron chi connectivity index (χ4n) is 3.41. The Labute approximate surface area is 121 Å². The zero-order valence-corrected chi connectivity index (χ0v) is 13.0. The molecule has 1 N–H and O–H groups in total. The van der Waals surface area contributed by atoms with Crippen LogP contribution in [0.1, 0.15) is 53.4 Å². The van der Waals surface area contributed by atoms with E-state index < -0.39 is 5.60 Å². The molecule has 0 radical (unpaired) electrons. The van der Waals surface area contributed by atoms with E-state index in [2.05, 4.69) is 26.0 Å². The van der Waals surface area contributed by atoms with E-state index in [9.17, 15) is 9.90 Å². The lowest BCUT2D eigenvalue weighted by Crippen LogP contribution is -2.39. The van der Waals surface area contributed by atoms with Gasteiger partial charge in [-0.25, -0.2) is 0 Å². The first-order valence-corrected chi connectivity index (χ1v) is 7.53. The van der Waals surface area contributed by atoms with Crippen LogP contribution in [0, 0.1) is 11.3 Å². The molecule has 2 aliphatic rings. The molecule has 0 saturated carbocycles. The second-order valence-electron chi connectivity index (χ2n) is 6.71. The Hall–Kier alpha value is -1.09. The number of aliphatic hydroxyl groups is 1. The van der Waals surface area contributed by atoms with E-state index in [1.54, 1.807) is 6.92 Å². The highest BCUT2D eigenvalue weighted by molar-refractivity contribution is 5.66. The number of allylic oxidation sites excluding steroid dienone is 3. The van der Waals surface area contributed by atoms with Gasteiger partial charge in [0.1, 0.15) is 12.2 Å². The fourth-order valence-corrected chi connectivity index (χ4v) is 3.41. The predicted octanol–water partition coefficient (Wildman–Crippen LogP) is 3.38. The molecule has 3 nitrogen and oxygen atoms in total. The number of hydrogen-bond donors (Lipinski definition) is 1. The van der Waals surface area contributed by atoms with Crippen molar-refractivity contribution in [2.45, 2.75) is 59.0 Å². The van der Waals surface area contributed by atoms with Crippen LogP contribution < -0.4 is 0 Å². The minimum Gasteiger partial charge on any atom is -0.462 e. The molecule has 0 aromatic carbocycles. The molecule has 0 aromatic heterocycles. The Kier molecular flexibility index (Phi) is 4.10. The van der Waals surface area contributed by atoms with E-state index in [0.29, 0.717) is 5.92 Å². The van der Waals surface area contributed by atoms with Crippen molar-refractivity contribution >= 4 is 5.97 Å². The molecule has 0 fully saturated rings. The van der Waals surface area contributed by atoms with Crippen LogP contribution in [0.5, 0.6) is 0 Å². The molecule has 0 saturated heterocycles. The number of carbonyl (C=O) groups excluding carboxylic acids is 1. The zero-order chi connectivity index (χ0) is 15.0. The quantitative estimate of drug-likeness (QED) is 0.636. The molecule has 0 spiro atoms. The highest BCUT2D eigenvalue weighted by Crippen LogP contribution is 2.50. The lowest BCUT2D eigenvalue weighted by Gasteiger charge is -2.44. The van der Waals surface area contributed by atoms with E-state index in [1.807, 2.05) is 0 Å². The van der Waals surface area contributed by atoms with Gasteiger partial charge in [-0.2, -0.15) is 0 Å². The summed E-state index contributed by atoms with van der Waals surface area (Å²) < 4.78 is 5.01. The highest BCUT2D eigenvalue weighted by atomic mass is 16.5. The third-order valence-corrected chi connectivity index (χ3v) is 5.09. The molecule has 0 amide bonds. The van der Waals surface area contributed by atoms with Crippen molar-refractivity contribution in [2.24, 2.45) is 11.3 Å². The van der Waals surface area contributed by atoms with Crippen LogP contribution >= 0.6 is 0 Å². The van der Waals surface area contributed by atoms with E-state index in [-0.39, 0.29) is 18.0 Å². The minimum atomic E-state index is -1.06. The van der Waals surface area contributed by atoms with Gasteiger partial charge in [0.05, 0.1) is 0 Å². The molecular formula is C17H26O3. The molecular weight excluding hydrogens is 252 g/mol. The number of hydrogen-bond acceptors (Lipinski definition) is 3. The van der Waals surface area contributed by atoms with E-state index >= 15 is 0 Å². The predicted molar refractivity (Wildman–Crippen MR) is 79.2 cm³/mol. The number of esters is 1. The molecule has 3 atom stereocenters. The molecule has 3 heteroatoms. The van der Waals surface area contributed by atoms with Gasteiger partial charge in [-0.15, -0.1) is 0 Å². The normalized spacial score (nSPS) is 32.5. The van der Waals surface area contributed by atoms with Gasteiger partial charge in [0.25, 0.3) is 0 Å². The number of ether oxygens (including phenoxy) is 1. The lowest BCUT2D eigenvalue weighted by atomic mass is 9.61.